The molecule has 26 heavy (non-hydrogen) atoms. The number of carbonyl (C=O) groups is 1. The number of hydrogen-bond acceptors (Lipinski definition) is 2. The zero-order valence-electron chi connectivity index (χ0n) is 16.8. The van der Waals surface area contributed by atoms with E-state index in [-0.39, 0.29) is 16.9 Å². The molecule has 0 saturated carbocycles. The molecule has 1 heterocycles. The minimum absolute atomic E-state index is 0.0598. The van der Waals surface area contributed by atoms with Gasteiger partial charge in [0.1, 0.15) is 5.75 Å². The van der Waals surface area contributed by atoms with Gasteiger partial charge in [-0.25, -0.2) is 4.79 Å². The van der Waals surface area contributed by atoms with E-state index in [1.54, 1.807) is 6.07 Å². The van der Waals surface area contributed by atoms with E-state index in [1.807, 2.05) is 22.9 Å². The number of piperidine rings is 1. The van der Waals surface area contributed by atoms with Crippen molar-refractivity contribution >= 4 is 6.03 Å². The largest absolute Gasteiger partial charge is 0.508 e. The third kappa shape index (κ3) is 3.30. The topological polar surface area (TPSA) is 43.8 Å². The predicted octanol–water partition coefficient (Wildman–Crippen LogP) is 4.55. The summed E-state index contributed by atoms with van der Waals surface area (Å²) in [6.45, 7) is 9.48. The Hall–Kier alpha value is -1.71. The number of benzene rings is 1. The maximum atomic E-state index is 12.7. The fourth-order valence-corrected chi connectivity index (χ4v) is 4.72. The van der Waals surface area contributed by atoms with Crippen LogP contribution < -0.4 is 0 Å². The van der Waals surface area contributed by atoms with E-state index in [1.165, 1.54) is 12.0 Å². The van der Waals surface area contributed by atoms with Gasteiger partial charge in [-0.2, -0.15) is 0 Å². The maximum Gasteiger partial charge on any atom is 0.319 e. The van der Waals surface area contributed by atoms with Gasteiger partial charge in [-0.3, -0.25) is 0 Å². The molecule has 4 nitrogen and oxygen atoms in total. The van der Waals surface area contributed by atoms with Crippen LogP contribution in [0.15, 0.2) is 18.2 Å². The van der Waals surface area contributed by atoms with Crippen molar-refractivity contribution in [2.45, 2.75) is 64.7 Å². The summed E-state index contributed by atoms with van der Waals surface area (Å²) in [6, 6.07) is 6.08. The predicted molar refractivity (Wildman–Crippen MR) is 106 cm³/mol. The molecule has 1 aromatic carbocycles. The standard InChI is InChI=1S/C22H34N2O2/c1-21(2)12-11-17-18(9-8-10-19(17)25)22(21,3)13-16-23(4)20(26)24-14-6-5-7-15-24/h8-10,25H,5-7,11-16H2,1-4H3/t22-/m0/s1. The average Bonchev–Trinajstić information content (AvgIpc) is 2.63. The van der Waals surface area contributed by atoms with Crippen LogP contribution in [0.4, 0.5) is 4.79 Å². The monoisotopic (exact) mass is 358 g/mol. The first-order chi connectivity index (χ1) is 12.3. The normalized spacial score (nSPS) is 24.8. The molecule has 4 heteroatoms. The zero-order valence-corrected chi connectivity index (χ0v) is 16.8. The summed E-state index contributed by atoms with van der Waals surface area (Å²) in [6.07, 6.45) is 6.37. The molecule has 0 bridgehead atoms. The Kier molecular flexibility index (Phi) is 5.23. The van der Waals surface area contributed by atoms with Gasteiger partial charge in [-0.1, -0.05) is 32.9 Å². The number of phenolic OH excluding ortho intramolecular Hbond substituents is 1. The van der Waals surface area contributed by atoms with Crippen molar-refractivity contribution in [2.24, 2.45) is 5.41 Å². The summed E-state index contributed by atoms with van der Waals surface area (Å²) < 4.78 is 0. The zero-order chi connectivity index (χ0) is 18.9. The lowest BCUT2D eigenvalue weighted by atomic mass is 9.55. The molecular formula is C22H34N2O2. The molecule has 3 rings (SSSR count). The first-order valence-electron chi connectivity index (χ1n) is 10.1. The minimum Gasteiger partial charge on any atom is -0.508 e. The molecule has 1 N–H and O–H groups in total. The highest BCUT2D eigenvalue weighted by Gasteiger charge is 2.46. The van der Waals surface area contributed by atoms with Crippen LogP contribution in [0.3, 0.4) is 0 Å². The summed E-state index contributed by atoms with van der Waals surface area (Å²) in [5.41, 5.74) is 2.42. The van der Waals surface area contributed by atoms with Crippen molar-refractivity contribution in [3.8, 4) is 5.75 Å². The summed E-state index contributed by atoms with van der Waals surface area (Å²) in [5.74, 6) is 0.418. The highest BCUT2D eigenvalue weighted by molar-refractivity contribution is 5.74. The second kappa shape index (κ2) is 7.13. The lowest BCUT2D eigenvalue weighted by Crippen LogP contribution is -2.48. The number of urea groups is 1. The number of nitrogens with zero attached hydrogens (tertiary/aromatic N) is 2. The minimum atomic E-state index is -0.0598. The van der Waals surface area contributed by atoms with Gasteiger partial charge in [0.05, 0.1) is 0 Å². The third-order valence-electron chi connectivity index (χ3n) is 7.14. The van der Waals surface area contributed by atoms with Crippen LogP contribution >= 0.6 is 0 Å². The average molecular weight is 359 g/mol. The Balaban J connectivity index is 1.77. The first kappa shape index (κ1) is 19.1. The molecule has 0 spiro atoms. The molecule has 2 amide bonds. The molecule has 1 aliphatic heterocycles. The Morgan fingerprint density at radius 3 is 2.58 bits per heavy atom. The summed E-state index contributed by atoms with van der Waals surface area (Å²) in [4.78, 5) is 16.6. The van der Waals surface area contributed by atoms with E-state index in [4.69, 9.17) is 0 Å². The van der Waals surface area contributed by atoms with Crippen LogP contribution in [0.2, 0.25) is 0 Å². The molecular weight excluding hydrogens is 324 g/mol. The number of likely N-dealkylation sites (tertiary alicyclic amines) is 1. The van der Waals surface area contributed by atoms with Crippen LogP contribution in [-0.2, 0) is 11.8 Å². The molecule has 1 atom stereocenters. The van der Waals surface area contributed by atoms with Crippen molar-refractivity contribution in [1.29, 1.82) is 0 Å². The van der Waals surface area contributed by atoms with Gasteiger partial charge < -0.3 is 14.9 Å². The van der Waals surface area contributed by atoms with Crippen LogP contribution in [0, 0.1) is 5.41 Å². The molecule has 0 unspecified atom stereocenters. The van der Waals surface area contributed by atoms with Crippen molar-refractivity contribution in [3.05, 3.63) is 29.3 Å². The smallest absolute Gasteiger partial charge is 0.319 e. The van der Waals surface area contributed by atoms with E-state index in [0.29, 0.717) is 5.75 Å². The molecule has 1 saturated heterocycles. The fraction of sp³-hybridized carbons (Fsp3) is 0.682. The number of phenols is 1. The van der Waals surface area contributed by atoms with Gasteiger partial charge in [0, 0.05) is 26.7 Å². The summed E-state index contributed by atoms with van der Waals surface area (Å²) in [7, 11) is 1.93. The third-order valence-corrected chi connectivity index (χ3v) is 7.14. The molecule has 0 aromatic heterocycles. The van der Waals surface area contributed by atoms with E-state index < -0.39 is 0 Å². The van der Waals surface area contributed by atoms with Gasteiger partial charge in [0.2, 0.25) is 0 Å². The van der Waals surface area contributed by atoms with Crippen molar-refractivity contribution in [2.75, 3.05) is 26.7 Å². The molecule has 0 radical (unpaired) electrons. The van der Waals surface area contributed by atoms with Crippen LogP contribution in [0.5, 0.6) is 5.75 Å². The van der Waals surface area contributed by atoms with Crippen LogP contribution in [-0.4, -0.2) is 47.6 Å². The lowest BCUT2D eigenvalue weighted by molar-refractivity contribution is 0.113. The van der Waals surface area contributed by atoms with E-state index >= 15 is 0 Å². The number of aromatic hydroxyl groups is 1. The molecule has 144 valence electrons. The quantitative estimate of drug-likeness (QED) is 0.861. The van der Waals surface area contributed by atoms with Gasteiger partial charge in [-0.05, 0) is 66.5 Å². The molecule has 1 aliphatic carbocycles. The number of fused-ring (bicyclic) bond motifs is 1. The Labute approximate surface area is 158 Å². The Morgan fingerprint density at radius 2 is 1.88 bits per heavy atom. The molecule has 2 aliphatic rings. The second-order valence-corrected chi connectivity index (χ2v) is 9.02. The molecule has 1 aromatic rings. The first-order valence-corrected chi connectivity index (χ1v) is 10.1. The second-order valence-electron chi connectivity index (χ2n) is 9.02. The number of rotatable bonds is 3. The van der Waals surface area contributed by atoms with E-state index in [2.05, 4.69) is 26.8 Å². The number of carbonyl (C=O) groups excluding carboxylic acids is 1. The van der Waals surface area contributed by atoms with Gasteiger partial charge in [0.25, 0.3) is 0 Å². The summed E-state index contributed by atoms with van der Waals surface area (Å²) >= 11 is 0. The van der Waals surface area contributed by atoms with E-state index in [9.17, 15) is 9.90 Å². The van der Waals surface area contributed by atoms with Gasteiger partial charge >= 0.3 is 6.03 Å². The van der Waals surface area contributed by atoms with Crippen molar-refractivity contribution in [3.63, 3.8) is 0 Å². The number of amides is 2. The van der Waals surface area contributed by atoms with Crippen LogP contribution in [0.25, 0.3) is 0 Å². The lowest BCUT2D eigenvalue weighted by Gasteiger charge is -2.50. The number of hydrogen-bond donors (Lipinski definition) is 1. The highest BCUT2D eigenvalue weighted by atomic mass is 16.3. The maximum absolute atomic E-state index is 12.7. The van der Waals surface area contributed by atoms with E-state index in [0.717, 1.165) is 57.3 Å². The van der Waals surface area contributed by atoms with Crippen molar-refractivity contribution < 1.29 is 9.90 Å². The van der Waals surface area contributed by atoms with Gasteiger partial charge in [0.15, 0.2) is 0 Å². The Bertz CT molecular complexity index is 664. The summed E-state index contributed by atoms with van der Waals surface area (Å²) in [5, 5.41) is 10.3. The Morgan fingerprint density at radius 1 is 1.19 bits per heavy atom. The van der Waals surface area contributed by atoms with Crippen LogP contribution in [0.1, 0.15) is 64.0 Å². The SMILES string of the molecule is CN(CC[C@@]1(C)c2cccc(O)c2CCC1(C)C)C(=O)N1CCCCC1. The van der Waals surface area contributed by atoms with Crippen molar-refractivity contribution in [1.82, 2.24) is 9.80 Å². The fourth-order valence-electron chi connectivity index (χ4n) is 4.72. The van der Waals surface area contributed by atoms with Gasteiger partial charge in [-0.15, -0.1) is 0 Å². The highest BCUT2D eigenvalue weighted by Crippen LogP contribution is 2.53. The molecule has 1 fully saturated rings.